The van der Waals surface area contributed by atoms with Crippen LogP contribution in [0.15, 0.2) is 46.7 Å². The molecule has 0 radical (unpaired) electrons. The molecular formula is C16H13N3OS. The number of fused-ring (bicyclic) bond motifs is 2. The van der Waals surface area contributed by atoms with Gasteiger partial charge in [-0.2, -0.15) is 0 Å². The van der Waals surface area contributed by atoms with Crippen LogP contribution < -0.4 is 5.56 Å². The van der Waals surface area contributed by atoms with Crippen molar-refractivity contribution in [2.45, 2.75) is 13.5 Å². The quantitative estimate of drug-likeness (QED) is 0.617. The summed E-state index contributed by atoms with van der Waals surface area (Å²) in [6, 6.07) is 10.3. The highest BCUT2D eigenvalue weighted by molar-refractivity contribution is 7.17. The van der Waals surface area contributed by atoms with Gasteiger partial charge in [0.05, 0.1) is 12.1 Å². The maximum absolute atomic E-state index is 12.0. The number of nitrogens with one attached hydrogen (secondary N) is 1. The Morgan fingerprint density at radius 1 is 1.29 bits per heavy atom. The van der Waals surface area contributed by atoms with E-state index in [1.807, 2.05) is 17.6 Å². The van der Waals surface area contributed by atoms with Crippen molar-refractivity contribution in [1.82, 2.24) is 14.5 Å². The third-order valence-electron chi connectivity index (χ3n) is 3.61. The van der Waals surface area contributed by atoms with E-state index >= 15 is 0 Å². The van der Waals surface area contributed by atoms with Gasteiger partial charge in [0.1, 0.15) is 10.5 Å². The monoisotopic (exact) mass is 295 g/mol. The number of aryl methyl sites for hydroxylation is 1. The predicted molar refractivity (Wildman–Crippen MR) is 86.0 cm³/mol. The smallest absolute Gasteiger partial charge is 0.268 e. The molecule has 4 aromatic rings. The van der Waals surface area contributed by atoms with Gasteiger partial charge in [-0.05, 0) is 41.5 Å². The van der Waals surface area contributed by atoms with Crippen molar-refractivity contribution < 1.29 is 0 Å². The molecule has 1 N–H and O–H groups in total. The number of hydrogen-bond donors (Lipinski definition) is 1. The van der Waals surface area contributed by atoms with Crippen molar-refractivity contribution in [3.05, 3.63) is 63.7 Å². The molecule has 5 heteroatoms. The summed E-state index contributed by atoms with van der Waals surface area (Å²) < 4.78 is 2.80. The van der Waals surface area contributed by atoms with E-state index in [4.69, 9.17) is 0 Å². The van der Waals surface area contributed by atoms with Crippen LogP contribution >= 0.6 is 11.3 Å². The van der Waals surface area contributed by atoms with E-state index in [0.29, 0.717) is 17.1 Å². The Hall–Kier alpha value is -2.40. The third kappa shape index (κ3) is 2.06. The first-order chi connectivity index (χ1) is 10.2. The van der Waals surface area contributed by atoms with Crippen molar-refractivity contribution in [3.63, 3.8) is 0 Å². The summed E-state index contributed by atoms with van der Waals surface area (Å²) in [6.07, 6.45) is 2.03. The van der Waals surface area contributed by atoms with Gasteiger partial charge in [-0.3, -0.25) is 4.79 Å². The van der Waals surface area contributed by atoms with Gasteiger partial charge in [0.25, 0.3) is 5.56 Å². The van der Waals surface area contributed by atoms with Gasteiger partial charge < -0.3 is 9.55 Å². The van der Waals surface area contributed by atoms with Crippen LogP contribution in [-0.2, 0) is 6.54 Å². The van der Waals surface area contributed by atoms with Crippen molar-refractivity contribution >= 4 is 32.5 Å². The molecule has 0 amide bonds. The predicted octanol–water partition coefficient (Wildman–Crippen LogP) is 3.30. The fourth-order valence-electron chi connectivity index (χ4n) is 2.59. The van der Waals surface area contributed by atoms with Gasteiger partial charge in [0.2, 0.25) is 0 Å². The lowest BCUT2D eigenvalue weighted by Crippen LogP contribution is -2.12. The Balaban J connectivity index is 1.82. The Kier molecular flexibility index (Phi) is 2.68. The van der Waals surface area contributed by atoms with Gasteiger partial charge in [-0.1, -0.05) is 12.1 Å². The number of aromatic amines is 1. The second-order valence-corrected chi connectivity index (χ2v) is 6.07. The maximum Gasteiger partial charge on any atom is 0.268 e. The number of benzene rings is 1. The van der Waals surface area contributed by atoms with E-state index in [1.165, 1.54) is 22.3 Å². The highest BCUT2D eigenvalue weighted by Crippen LogP contribution is 2.19. The Labute approximate surface area is 124 Å². The third-order valence-corrected chi connectivity index (χ3v) is 4.52. The van der Waals surface area contributed by atoms with E-state index in [1.54, 1.807) is 0 Å². The summed E-state index contributed by atoms with van der Waals surface area (Å²) >= 11 is 1.42. The van der Waals surface area contributed by atoms with Gasteiger partial charge in [0.15, 0.2) is 0 Å². The molecule has 0 atom stereocenters. The number of aromatic nitrogens is 3. The number of rotatable bonds is 2. The molecule has 3 aromatic heterocycles. The fraction of sp³-hybridized carbons (Fsp3) is 0.125. The van der Waals surface area contributed by atoms with Gasteiger partial charge in [-0.15, -0.1) is 11.3 Å². The lowest BCUT2D eigenvalue weighted by atomic mass is 10.2. The lowest BCUT2D eigenvalue weighted by molar-refractivity contribution is 0.774. The highest BCUT2D eigenvalue weighted by atomic mass is 32.1. The van der Waals surface area contributed by atoms with E-state index in [9.17, 15) is 4.79 Å². The van der Waals surface area contributed by atoms with Gasteiger partial charge in [-0.25, -0.2) is 4.98 Å². The molecule has 1 aromatic carbocycles. The molecule has 21 heavy (non-hydrogen) atoms. The lowest BCUT2D eigenvalue weighted by Gasteiger charge is -2.05. The van der Waals surface area contributed by atoms with E-state index in [0.717, 1.165) is 11.0 Å². The minimum atomic E-state index is -0.0577. The Morgan fingerprint density at radius 3 is 3.10 bits per heavy atom. The van der Waals surface area contributed by atoms with Crippen LogP contribution in [0.5, 0.6) is 0 Å². The van der Waals surface area contributed by atoms with Crippen molar-refractivity contribution in [2.75, 3.05) is 0 Å². The molecule has 4 rings (SSSR count). The average molecular weight is 295 g/mol. The summed E-state index contributed by atoms with van der Waals surface area (Å²) in [5.74, 6) is 0.685. The molecule has 0 bridgehead atoms. The van der Waals surface area contributed by atoms with Crippen LogP contribution in [0.25, 0.3) is 21.1 Å². The minimum Gasteiger partial charge on any atom is -0.340 e. The van der Waals surface area contributed by atoms with Crippen LogP contribution in [0.4, 0.5) is 0 Å². The zero-order valence-electron chi connectivity index (χ0n) is 11.5. The number of thiophene rings is 1. The van der Waals surface area contributed by atoms with Crippen molar-refractivity contribution in [1.29, 1.82) is 0 Å². The summed E-state index contributed by atoms with van der Waals surface area (Å²) in [6.45, 7) is 2.64. The zero-order chi connectivity index (χ0) is 14.4. The summed E-state index contributed by atoms with van der Waals surface area (Å²) in [7, 11) is 0. The second kappa shape index (κ2) is 4.56. The first-order valence-electron chi connectivity index (χ1n) is 6.72. The van der Waals surface area contributed by atoms with Gasteiger partial charge >= 0.3 is 0 Å². The van der Waals surface area contributed by atoms with Crippen LogP contribution in [0, 0.1) is 6.92 Å². The first-order valence-corrected chi connectivity index (χ1v) is 7.60. The molecule has 0 aliphatic rings. The minimum absolute atomic E-state index is 0.0577. The first kappa shape index (κ1) is 12.3. The normalized spacial score (nSPS) is 11.5. The Morgan fingerprint density at radius 2 is 2.19 bits per heavy atom. The largest absolute Gasteiger partial charge is 0.340 e. The summed E-state index contributed by atoms with van der Waals surface area (Å²) in [5.41, 5.74) is 3.09. The zero-order valence-corrected chi connectivity index (χ0v) is 12.3. The van der Waals surface area contributed by atoms with Crippen LogP contribution in [-0.4, -0.2) is 14.5 Å². The number of hydrogen-bond acceptors (Lipinski definition) is 3. The summed E-state index contributed by atoms with van der Waals surface area (Å²) in [4.78, 5) is 19.4. The average Bonchev–Trinajstić information content (AvgIpc) is 3.06. The standard InChI is InChI=1S/C16H13N3OS/c1-10-2-3-11-4-6-19(13(11)8-10)9-14-17-12-5-7-21-15(12)16(20)18-14/h2-8H,9H2,1H3,(H,17,18,20). The molecule has 3 heterocycles. The molecule has 0 fully saturated rings. The summed E-state index contributed by atoms with van der Waals surface area (Å²) in [5, 5.41) is 3.09. The van der Waals surface area contributed by atoms with Gasteiger partial charge in [0, 0.05) is 11.7 Å². The number of H-pyrrole nitrogens is 1. The molecule has 0 saturated carbocycles. The topological polar surface area (TPSA) is 50.7 Å². The molecule has 104 valence electrons. The molecule has 4 nitrogen and oxygen atoms in total. The number of nitrogens with zero attached hydrogens (tertiary/aromatic N) is 2. The molecule has 0 aliphatic heterocycles. The van der Waals surface area contributed by atoms with E-state index < -0.39 is 0 Å². The SMILES string of the molecule is Cc1ccc2ccn(Cc3nc4ccsc4c(=O)[nH]3)c2c1. The van der Waals surface area contributed by atoms with Crippen molar-refractivity contribution in [2.24, 2.45) is 0 Å². The maximum atomic E-state index is 12.0. The molecule has 0 unspecified atom stereocenters. The highest BCUT2D eigenvalue weighted by Gasteiger charge is 2.07. The molecule has 0 spiro atoms. The van der Waals surface area contributed by atoms with Crippen LogP contribution in [0.1, 0.15) is 11.4 Å². The molecule has 0 saturated heterocycles. The van der Waals surface area contributed by atoms with Crippen LogP contribution in [0.3, 0.4) is 0 Å². The van der Waals surface area contributed by atoms with Crippen LogP contribution in [0.2, 0.25) is 0 Å². The second-order valence-electron chi connectivity index (χ2n) is 5.15. The molecular weight excluding hydrogens is 282 g/mol. The van der Waals surface area contributed by atoms with E-state index in [2.05, 4.69) is 45.7 Å². The van der Waals surface area contributed by atoms with E-state index in [-0.39, 0.29) is 5.56 Å². The Bertz CT molecular complexity index is 1010. The fourth-order valence-corrected chi connectivity index (χ4v) is 3.32. The van der Waals surface area contributed by atoms with Crippen molar-refractivity contribution in [3.8, 4) is 0 Å². The molecule has 0 aliphatic carbocycles.